The Hall–Kier alpha value is -1.53. The van der Waals surface area contributed by atoms with Crippen LogP contribution in [0, 0.1) is 0 Å². The topological polar surface area (TPSA) is 98.3 Å². The molecule has 0 atom stereocenters. The molecule has 0 aliphatic carbocycles. The Morgan fingerprint density at radius 1 is 0.967 bits per heavy atom. The summed E-state index contributed by atoms with van der Waals surface area (Å²) in [5.41, 5.74) is 1.61. The van der Waals surface area contributed by atoms with Crippen molar-refractivity contribution in [3.63, 3.8) is 0 Å². The fourth-order valence-electron chi connectivity index (χ4n) is 4.06. The highest BCUT2D eigenvalue weighted by Crippen LogP contribution is 2.31. The van der Waals surface area contributed by atoms with E-state index in [1.165, 1.54) is 25.9 Å². The molecule has 1 aromatic carbocycles. The summed E-state index contributed by atoms with van der Waals surface area (Å²) in [5.74, 6) is -0.0582. The molecule has 9 nitrogen and oxygen atoms in total. The highest BCUT2D eigenvalue weighted by Gasteiger charge is 2.35. The number of hydrogen-bond acceptors (Lipinski definition) is 5. The molecular weight excluding hydrogens is 428 g/mol. The average molecular weight is 459 g/mol. The molecule has 1 saturated heterocycles. The Labute approximate surface area is 179 Å². The van der Waals surface area contributed by atoms with Gasteiger partial charge in [-0.25, -0.2) is 8.42 Å². The molecule has 0 N–H and O–H groups in total. The van der Waals surface area contributed by atoms with Crippen LogP contribution >= 0.6 is 0 Å². The minimum absolute atomic E-state index is 0.0582. The standard InChI is InChI=1S/C19H30N4O5S2/c1-4-20(5-2)30(27,28)22-13-11-21(12-14-22)29(25,26)18-8-9-19-17(15-18)7-6-10-23(19)16(3)24/h8-9,15H,4-7,10-14H2,1-3H3. The predicted octanol–water partition coefficient (Wildman–Crippen LogP) is 0.879. The summed E-state index contributed by atoms with van der Waals surface area (Å²) < 4.78 is 55.7. The first-order valence-corrected chi connectivity index (χ1v) is 13.1. The molecule has 1 aromatic rings. The number of amides is 1. The average Bonchev–Trinajstić information content (AvgIpc) is 2.73. The first-order valence-electron chi connectivity index (χ1n) is 10.3. The fraction of sp³-hybridized carbons (Fsp3) is 0.632. The largest absolute Gasteiger partial charge is 0.312 e. The molecule has 2 aliphatic rings. The van der Waals surface area contributed by atoms with Crippen LogP contribution in [0.1, 0.15) is 32.8 Å². The van der Waals surface area contributed by atoms with E-state index in [4.69, 9.17) is 0 Å². The minimum Gasteiger partial charge on any atom is -0.312 e. The fourth-order valence-corrected chi connectivity index (χ4v) is 7.14. The SMILES string of the molecule is CCN(CC)S(=O)(=O)N1CCN(S(=O)(=O)c2ccc3c(c2)CCCN3C(C)=O)CC1. The first-order chi connectivity index (χ1) is 14.1. The Bertz CT molecular complexity index is 998. The Morgan fingerprint density at radius 2 is 1.57 bits per heavy atom. The van der Waals surface area contributed by atoms with Crippen molar-refractivity contribution in [2.24, 2.45) is 0 Å². The van der Waals surface area contributed by atoms with E-state index in [0.29, 0.717) is 19.6 Å². The number of fused-ring (bicyclic) bond motifs is 1. The molecular formula is C19H30N4O5S2. The summed E-state index contributed by atoms with van der Waals surface area (Å²) in [4.78, 5) is 13.7. The molecule has 11 heteroatoms. The van der Waals surface area contributed by atoms with Crippen molar-refractivity contribution in [1.29, 1.82) is 0 Å². The second-order valence-electron chi connectivity index (χ2n) is 7.46. The van der Waals surface area contributed by atoms with E-state index < -0.39 is 20.2 Å². The zero-order valence-corrected chi connectivity index (χ0v) is 19.4. The van der Waals surface area contributed by atoms with Crippen LogP contribution in [-0.4, -0.2) is 81.5 Å². The quantitative estimate of drug-likeness (QED) is 0.630. The van der Waals surface area contributed by atoms with Gasteiger partial charge in [0.25, 0.3) is 10.2 Å². The van der Waals surface area contributed by atoms with E-state index in [0.717, 1.165) is 24.1 Å². The molecule has 168 valence electrons. The van der Waals surface area contributed by atoms with Crippen molar-refractivity contribution in [3.8, 4) is 0 Å². The summed E-state index contributed by atoms with van der Waals surface area (Å²) in [5, 5.41) is 0. The van der Waals surface area contributed by atoms with E-state index >= 15 is 0 Å². The minimum atomic E-state index is -3.74. The van der Waals surface area contributed by atoms with Gasteiger partial charge >= 0.3 is 0 Å². The molecule has 0 bridgehead atoms. The maximum atomic E-state index is 13.2. The molecule has 1 amide bonds. The van der Waals surface area contributed by atoms with Crippen LogP contribution in [-0.2, 0) is 31.4 Å². The summed E-state index contributed by atoms with van der Waals surface area (Å²) in [6.07, 6.45) is 1.51. The lowest BCUT2D eigenvalue weighted by atomic mass is 10.0. The van der Waals surface area contributed by atoms with Crippen molar-refractivity contribution in [3.05, 3.63) is 23.8 Å². The van der Waals surface area contributed by atoms with E-state index in [1.54, 1.807) is 30.9 Å². The zero-order chi connectivity index (χ0) is 22.1. The maximum Gasteiger partial charge on any atom is 0.282 e. The number of nitrogens with zero attached hydrogens (tertiary/aromatic N) is 4. The van der Waals surface area contributed by atoms with Gasteiger partial charge in [-0.15, -0.1) is 0 Å². The Kier molecular flexibility index (Phi) is 6.87. The number of hydrogen-bond donors (Lipinski definition) is 0. The van der Waals surface area contributed by atoms with Gasteiger partial charge in [0.15, 0.2) is 0 Å². The third-order valence-electron chi connectivity index (χ3n) is 5.74. The summed E-state index contributed by atoms with van der Waals surface area (Å²) in [7, 11) is -7.32. The van der Waals surface area contributed by atoms with Crippen molar-refractivity contribution in [1.82, 2.24) is 12.9 Å². The molecule has 0 saturated carbocycles. The number of anilines is 1. The van der Waals surface area contributed by atoms with Crippen LogP contribution in [0.5, 0.6) is 0 Å². The lowest BCUT2D eigenvalue weighted by Crippen LogP contribution is -2.54. The summed E-state index contributed by atoms with van der Waals surface area (Å²) >= 11 is 0. The van der Waals surface area contributed by atoms with Crippen LogP contribution in [0.3, 0.4) is 0 Å². The molecule has 0 spiro atoms. The number of carbonyl (C=O) groups is 1. The van der Waals surface area contributed by atoms with Gasteiger partial charge in [-0.05, 0) is 36.6 Å². The number of benzene rings is 1. The monoisotopic (exact) mass is 458 g/mol. The molecule has 30 heavy (non-hydrogen) atoms. The van der Waals surface area contributed by atoms with Crippen LogP contribution in [0.2, 0.25) is 0 Å². The number of carbonyl (C=O) groups excluding carboxylic acids is 1. The van der Waals surface area contributed by atoms with Gasteiger partial charge in [-0.1, -0.05) is 13.8 Å². The van der Waals surface area contributed by atoms with Gasteiger partial charge < -0.3 is 4.90 Å². The van der Waals surface area contributed by atoms with E-state index in [-0.39, 0.29) is 37.0 Å². The van der Waals surface area contributed by atoms with Gasteiger partial charge in [-0.3, -0.25) is 4.79 Å². The second-order valence-corrected chi connectivity index (χ2v) is 11.3. The van der Waals surface area contributed by atoms with Gasteiger partial charge in [0.2, 0.25) is 15.9 Å². The molecule has 2 aliphatic heterocycles. The van der Waals surface area contributed by atoms with E-state index in [9.17, 15) is 21.6 Å². The van der Waals surface area contributed by atoms with Gasteiger partial charge in [0, 0.05) is 58.4 Å². The highest BCUT2D eigenvalue weighted by molar-refractivity contribution is 7.89. The number of sulfonamides is 1. The van der Waals surface area contributed by atoms with E-state index in [1.807, 2.05) is 0 Å². The molecule has 2 heterocycles. The predicted molar refractivity (Wildman–Crippen MR) is 115 cm³/mol. The Balaban J connectivity index is 1.77. The number of aryl methyl sites for hydroxylation is 1. The second kappa shape index (κ2) is 8.91. The Morgan fingerprint density at radius 3 is 2.13 bits per heavy atom. The van der Waals surface area contributed by atoms with Crippen LogP contribution in [0.15, 0.2) is 23.1 Å². The number of rotatable bonds is 6. The third kappa shape index (κ3) is 4.26. The molecule has 1 fully saturated rings. The van der Waals surface area contributed by atoms with Crippen molar-refractivity contribution in [2.75, 3.05) is 50.7 Å². The summed E-state index contributed by atoms with van der Waals surface area (Å²) in [6.45, 7) is 6.94. The molecule has 3 rings (SSSR count). The lowest BCUT2D eigenvalue weighted by Gasteiger charge is -2.36. The van der Waals surface area contributed by atoms with Crippen LogP contribution in [0.25, 0.3) is 0 Å². The number of piperazine rings is 1. The van der Waals surface area contributed by atoms with Crippen LogP contribution < -0.4 is 4.90 Å². The normalized spacial score (nSPS) is 19.1. The summed E-state index contributed by atoms with van der Waals surface area (Å²) in [6, 6.07) is 4.89. The first kappa shape index (κ1) is 23.1. The van der Waals surface area contributed by atoms with Gasteiger partial charge in [-0.2, -0.15) is 21.3 Å². The third-order valence-corrected chi connectivity index (χ3v) is 9.82. The lowest BCUT2D eigenvalue weighted by molar-refractivity contribution is -0.116. The van der Waals surface area contributed by atoms with Crippen molar-refractivity contribution in [2.45, 2.75) is 38.5 Å². The van der Waals surface area contributed by atoms with Crippen LogP contribution in [0.4, 0.5) is 5.69 Å². The zero-order valence-electron chi connectivity index (χ0n) is 17.7. The van der Waals surface area contributed by atoms with Gasteiger partial charge in [0.1, 0.15) is 0 Å². The molecule has 0 radical (unpaired) electrons. The maximum absolute atomic E-state index is 13.2. The van der Waals surface area contributed by atoms with Gasteiger partial charge in [0.05, 0.1) is 4.90 Å². The van der Waals surface area contributed by atoms with Crippen molar-refractivity contribution >= 4 is 31.8 Å². The highest BCUT2D eigenvalue weighted by atomic mass is 32.2. The van der Waals surface area contributed by atoms with Crippen molar-refractivity contribution < 1.29 is 21.6 Å². The molecule has 0 unspecified atom stereocenters. The smallest absolute Gasteiger partial charge is 0.282 e. The van der Waals surface area contributed by atoms with E-state index in [2.05, 4.69) is 0 Å². The molecule has 0 aromatic heterocycles.